The zero-order valence-corrected chi connectivity index (χ0v) is 12.0. The van der Waals surface area contributed by atoms with Crippen LogP contribution in [0.5, 0.6) is 0 Å². The molecule has 0 bridgehead atoms. The number of carboxylic acid groups (broad SMARTS) is 1. The van der Waals surface area contributed by atoms with Crippen LogP contribution >= 0.6 is 27.7 Å². The molecule has 0 heterocycles. The number of benzene rings is 1. The molecule has 98 valence electrons. The summed E-state index contributed by atoms with van der Waals surface area (Å²) < 4.78 is 1.05. The van der Waals surface area contributed by atoms with Crippen molar-refractivity contribution in [1.29, 1.82) is 0 Å². The van der Waals surface area contributed by atoms with Gasteiger partial charge in [-0.05, 0) is 23.8 Å². The lowest BCUT2D eigenvalue weighted by Crippen LogP contribution is -2.36. The largest absolute Gasteiger partial charge is 0.480 e. The molecule has 1 rings (SSSR count). The molecule has 2 N–H and O–H groups in total. The van der Waals surface area contributed by atoms with Crippen molar-refractivity contribution in [3.63, 3.8) is 0 Å². The summed E-state index contributed by atoms with van der Waals surface area (Å²) in [5.41, 5.74) is 1.18. The second-order valence-electron chi connectivity index (χ2n) is 3.61. The molecule has 1 aromatic rings. The molecule has 4 nitrogen and oxygen atoms in total. The Morgan fingerprint density at radius 2 is 2.22 bits per heavy atom. The van der Waals surface area contributed by atoms with Gasteiger partial charge in [0.25, 0.3) is 0 Å². The Balaban J connectivity index is 2.32. The molecule has 0 aliphatic carbocycles. The molecule has 0 saturated carbocycles. The minimum absolute atomic E-state index is 0.420. The maximum atomic E-state index is 10.8. The number of carbonyl (C=O) groups excluding carboxylic acids is 1. The molecule has 1 amide bonds. The second kappa shape index (κ2) is 8.16. The van der Waals surface area contributed by atoms with E-state index in [0.717, 1.165) is 10.2 Å². The highest BCUT2D eigenvalue weighted by Crippen LogP contribution is 2.21. The van der Waals surface area contributed by atoms with Gasteiger partial charge in [0.2, 0.25) is 6.41 Å². The van der Waals surface area contributed by atoms with Gasteiger partial charge in [0, 0.05) is 10.2 Å². The Morgan fingerprint density at radius 3 is 2.83 bits per heavy atom. The molecule has 0 aromatic heterocycles. The average molecular weight is 332 g/mol. The van der Waals surface area contributed by atoms with Crippen LogP contribution in [0.15, 0.2) is 28.7 Å². The first-order valence-electron chi connectivity index (χ1n) is 5.38. The van der Waals surface area contributed by atoms with E-state index in [1.807, 2.05) is 24.3 Å². The predicted octanol–water partition coefficient (Wildman–Crippen LogP) is 2.27. The van der Waals surface area contributed by atoms with Gasteiger partial charge in [-0.3, -0.25) is 4.79 Å². The Kier molecular flexibility index (Phi) is 6.82. The number of carboxylic acids is 1. The fourth-order valence-electron chi connectivity index (χ4n) is 1.36. The summed E-state index contributed by atoms with van der Waals surface area (Å²) in [6.07, 6.45) is 0.848. The van der Waals surface area contributed by atoms with Crippen molar-refractivity contribution in [2.45, 2.75) is 18.2 Å². The molecule has 1 atom stereocenters. The monoisotopic (exact) mass is 331 g/mol. The second-order valence-corrected chi connectivity index (χ2v) is 5.57. The number of nitrogens with one attached hydrogen (secondary N) is 1. The summed E-state index contributed by atoms with van der Waals surface area (Å²) in [6.45, 7) is 0. The van der Waals surface area contributed by atoms with Gasteiger partial charge in [-0.25, -0.2) is 4.79 Å². The van der Waals surface area contributed by atoms with Crippen LogP contribution in [-0.4, -0.2) is 29.3 Å². The quantitative estimate of drug-likeness (QED) is 0.566. The fraction of sp³-hybridized carbons (Fsp3) is 0.333. The van der Waals surface area contributed by atoms with E-state index < -0.39 is 12.0 Å². The maximum Gasteiger partial charge on any atom is 0.326 e. The smallest absolute Gasteiger partial charge is 0.326 e. The molecule has 0 aliphatic heterocycles. The fourth-order valence-corrected chi connectivity index (χ4v) is 2.99. The first kappa shape index (κ1) is 15.0. The van der Waals surface area contributed by atoms with Gasteiger partial charge in [0.1, 0.15) is 6.04 Å². The molecule has 18 heavy (non-hydrogen) atoms. The van der Waals surface area contributed by atoms with Gasteiger partial charge in [0.05, 0.1) is 0 Å². The van der Waals surface area contributed by atoms with Crippen LogP contribution in [0.2, 0.25) is 0 Å². The first-order valence-corrected chi connectivity index (χ1v) is 7.33. The topological polar surface area (TPSA) is 66.4 Å². The molecule has 1 aromatic carbocycles. The number of aliphatic carboxylic acids is 1. The van der Waals surface area contributed by atoms with Crippen molar-refractivity contribution >= 4 is 40.1 Å². The minimum Gasteiger partial charge on any atom is -0.480 e. The van der Waals surface area contributed by atoms with Crippen molar-refractivity contribution in [3.05, 3.63) is 34.3 Å². The van der Waals surface area contributed by atoms with Gasteiger partial charge in [-0.2, -0.15) is 11.8 Å². The van der Waals surface area contributed by atoms with E-state index in [2.05, 4.69) is 21.2 Å². The molecular formula is C12H14BrNO3S. The summed E-state index contributed by atoms with van der Waals surface area (Å²) in [5.74, 6) is 0.497. The van der Waals surface area contributed by atoms with Gasteiger partial charge >= 0.3 is 5.97 Å². The molecule has 0 fully saturated rings. The zero-order chi connectivity index (χ0) is 13.4. The highest BCUT2D eigenvalue weighted by molar-refractivity contribution is 9.10. The van der Waals surface area contributed by atoms with Crippen LogP contribution in [-0.2, 0) is 15.3 Å². The molecule has 1 unspecified atom stereocenters. The van der Waals surface area contributed by atoms with Gasteiger partial charge in [0.15, 0.2) is 0 Å². The van der Waals surface area contributed by atoms with Crippen LogP contribution in [0.4, 0.5) is 0 Å². The summed E-state index contributed by atoms with van der Waals surface area (Å²) in [7, 11) is 0. The molecule has 0 aliphatic rings. The van der Waals surface area contributed by atoms with E-state index in [1.165, 1.54) is 5.56 Å². The predicted molar refractivity (Wildman–Crippen MR) is 75.5 cm³/mol. The van der Waals surface area contributed by atoms with E-state index in [9.17, 15) is 9.59 Å². The number of amides is 1. The molecular weight excluding hydrogens is 318 g/mol. The normalized spacial score (nSPS) is 11.8. The summed E-state index contributed by atoms with van der Waals surface area (Å²) in [6, 6.07) is 7.12. The van der Waals surface area contributed by atoms with Crippen LogP contribution in [0.25, 0.3) is 0 Å². The van der Waals surface area contributed by atoms with Crippen molar-refractivity contribution in [2.75, 3.05) is 5.75 Å². The number of rotatable bonds is 8. The third kappa shape index (κ3) is 5.10. The highest BCUT2D eigenvalue weighted by Gasteiger charge is 2.15. The van der Waals surface area contributed by atoms with Crippen LogP contribution in [0.3, 0.4) is 0 Å². The van der Waals surface area contributed by atoms with Crippen molar-refractivity contribution in [3.8, 4) is 0 Å². The molecule has 0 radical (unpaired) electrons. The maximum absolute atomic E-state index is 10.8. The third-order valence-electron chi connectivity index (χ3n) is 2.33. The average Bonchev–Trinajstić information content (AvgIpc) is 2.35. The Labute approximate surface area is 118 Å². The van der Waals surface area contributed by atoms with E-state index >= 15 is 0 Å². The van der Waals surface area contributed by atoms with Gasteiger partial charge in [-0.15, -0.1) is 0 Å². The number of halogens is 1. The molecule has 0 saturated heterocycles. The Morgan fingerprint density at radius 1 is 1.50 bits per heavy atom. The van der Waals surface area contributed by atoms with Crippen molar-refractivity contribution in [2.24, 2.45) is 0 Å². The zero-order valence-electron chi connectivity index (χ0n) is 9.64. The standard InChI is InChI=1S/C12H14BrNO3S/c13-10-4-2-1-3-9(10)7-18-6-5-11(12(16)17)14-8-15/h1-4,8,11H,5-7H2,(H,14,15)(H,16,17). The van der Waals surface area contributed by atoms with E-state index in [-0.39, 0.29) is 0 Å². The summed E-state index contributed by atoms with van der Waals surface area (Å²) >= 11 is 5.10. The third-order valence-corrected chi connectivity index (χ3v) is 4.15. The van der Waals surface area contributed by atoms with E-state index in [0.29, 0.717) is 18.6 Å². The van der Waals surface area contributed by atoms with Crippen LogP contribution < -0.4 is 5.32 Å². The lowest BCUT2D eigenvalue weighted by Gasteiger charge is -2.10. The van der Waals surface area contributed by atoms with Gasteiger partial charge < -0.3 is 10.4 Å². The summed E-state index contributed by atoms with van der Waals surface area (Å²) in [5, 5.41) is 11.1. The number of carbonyl (C=O) groups is 2. The number of hydrogen-bond donors (Lipinski definition) is 2. The first-order chi connectivity index (χ1) is 8.65. The van der Waals surface area contributed by atoms with E-state index in [4.69, 9.17) is 5.11 Å². The van der Waals surface area contributed by atoms with Crippen molar-refractivity contribution < 1.29 is 14.7 Å². The summed E-state index contributed by atoms with van der Waals surface area (Å²) in [4.78, 5) is 21.0. The number of hydrogen-bond acceptors (Lipinski definition) is 3. The minimum atomic E-state index is -0.997. The van der Waals surface area contributed by atoms with Crippen molar-refractivity contribution in [1.82, 2.24) is 5.32 Å². The molecule has 6 heteroatoms. The number of thioether (sulfide) groups is 1. The molecule has 0 spiro atoms. The Hall–Kier alpha value is -1.01. The van der Waals surface area contributed by atoms with E-state index in [1.54, 1.807) is 11.8 Å². The van der Waals surface area contributed by atoms with Gasteiger partial charge in [-0.1, -0.05) is 34.1 Å². The van der Waals surface area contributed by atoms with Crippen LogP contribution in [0, 0.1) is 0 Å². The lowest BCUT2D eigenvalue weighted by molar-refractivity contribution is -0.140. The SMILES string of the molecule is O=CNC(CCSCc1ccccc1Br)C(=O)O. The highest BCUT2D eigenvalue weighted by atomic mass is 79.9. The lowest BCUT2D eigenvalue weighted by atomic mass is 10.2. The van der Waals surface area contributed by atoms with Crippen LogP contribution in [0.1, 0.15) is 12.0 Å². The Bertz CT molecular complexity index is 414.